The summed E-state index contributed by atoms with van der Waals surface area (Å²) in [4.78, 5) is 27.0. The van der Waals surface area contributed by atoms with Gasteiger partial charge in [-0.25, -0.2) is 0 Å². The van der Waals surface area contributed by atoms with Crippen molar-refractivity contribution in [2.45, 2.75) is 91.9 Å². The summed E-state index contributed by atoms with van der Waals surface area (Å²) in [6.07, 6.45) is 6.61. The fourth-order valence-electron chi connectivity index (χ4n) is 8.70. The molecule has 2 N–H and O–H groups in total. The molecule has 6 aromatic rings. The van der Waals surface area contributed by atoms with E-state index in [-0.39, 0.29) is 11.9 Å². The van der Waals surface area contributed by atoms with Crippen molar-refractivity contribution < 1.29 is 14.6 Å². The number of aliphatic hydroxyl groups excluding tert-OH is 1. The molecule has 292 valence electrons. The Kier molecular flexibility index (Phi) is 10.6. The average Bonchev–Trinajstić information content (AvgIpc) is 3.64. The van der Waals surface area contributed by atoms with Gasteiger partial charge in [0.15, 0.2) is 5.60 Å². The minimum absolute atomic E-state index is 0.220. The first-order valence-electron chi connectivity index (χ1n) is 20.1. The van der Waals surface area contributed by atoms with Crippen LogP contribution < -0.4 is 5.32 Å². The summed E-state index contributed by atoms with van der Waals surface area (Å²) in [6.45, 7) is 16.1. The highest BCUT2D eigenvalue weighted by atomic mass is 16.6. The van der Waals surface area contributed by atoms with Crippen molar-refractivity contribution in [2.75, 3.05) is 26.8 Å². The first-order chi connectivity index (χ1) is 27.0. The minimum Gasteiger partial charge on any atom is -0.452 e. The van der Waals surface area contributed by atoms with Gasteiger partial charge in [0.2, 0.25) is 0 Å². The Hall–Kier alpha value is -4.87. The quantitative estimate of drug-likeness (QED) is 0.130. The summed E-state index contributed by atoms with van der Waals surface area (Å²) in [5.41, 5.74) is 12.0. The maximum Gasteiger partial charge on any atom is 0.309 e. The van der Waals surface area contributed by atoms with Crippen LogP contribution in [0.25, 0.3) is 21.8 Å². The van der Waals surface area contributed by atoms with Crippen molar-refractivity contribution in [3.63, 3.8) is 0 Å². The van der Waals surface area contributed by atoms with Gasteiger partial charge in [0, 0.05) is 115 Å². The van der Waals surface area contributed by atoms with E-state index < -0.39 is 11.7 Å². The zero-order valence-electron chi connectivity index (χ0n) is 33.7. The van der Waals surface area contributed by atoms with E-state index in [2.05, 4.69) is 86.5 Å². The lowest BCUT2D eigenvalue weighted by Gasteiger charge is -2.33. The molecule has 8 rings (SSSR count). The van der Waals surface area contributed by atoms with E-state index in [4.69, 9.17) is 9.72 Å². The van der Waals surface area contributed by atoms with E-state index in [9.17, 15) is 9.90 Å². The number of pyridine rings is 2. The number of ether oxygens (including phenoxy) is 1. The van der Waals surface area contributed by atoms with Crippen LogP contribution in [-0.4, -0.2) is 66.8 Å². The summed E-state index contributed by atoms with van der Waals surface area (Å²) in [5.74, 6) is -0.457. The largest absolute Gasteiger partial charge is 0.452 e. The predicted octanol–water partition coefficient (Wildman–Crippen LogP) is 6.94. The van der Waals surface area contributed by atoms with Crippen LogP contribution in [0.5, 0.6) is 0 Å². The second-order valence-corrected chi connectivity index (χ2v) is 16.6. The molecule has 0 spiro atoms. The molecule has 2 aliphatic heterocycles. The van der Waals surface area contributed by atoms with Crippen molar-refractivity contribution in [2.24, 2.45) is 5.92 Å². The van der Waals surface area contributed by atoms with E-state index in [1.165, 1.54) is 49.9 Å². The van der Waals surface area contributed by atoms with Gasteiger partial charge < -0.3 is 23.9 Å². The number of hydrogen-bond donors (Lipinski definition) is 2. The number of esters is 1. The van der Waals surface area contributed by atoms with E-state index in [0.717, 1.165) is 68.0 Å². The van der Waals surface area contributed by atoms with Crippen LogP contribution in [0.3, 0.4) is 0 Å². The number of likely N-dealkylation sites (N-methyl/N-ethyl adjacent to an activating group) is 1. The fourth-order valence-corrected chi connectivity index (χ4v) is 8.70. The second-order valence-electron chi connectivity index (χ2n) is 16.6. The Morgan fingerprint density at radius 3 is 2.29 bits per heavy atom. The summed E-state index contributed by atoms with van der Waals surface area (Å²) in [5, 5.41) is 17.6. The molecule has 6 heterocycles. The monoisotopic (exact) mass is 753 g/mol. The van der Waals surface area contributed by atoms with Crippen molar-refractivity contribution in [3.8, 4) is 0 Å². The summed E-state index contributed by atoms with van der Waals surface area (Å²) in [6, 6.07) is 21.3. The number of aryl methyl sites for hydroxylation is 2. The predicted molar refractivity (Wildman–Crippen MR) is 221 cm³/mol. The van der Waals surface area contributed by atoms with E-state index >= 15 is 0 Å². The first-order valence-corrected chi connectivity index (χ1v) is 20.1. The van der Waals surface area contributed by atoms with Gasteiger partial charge in [-0.15, -0.1) is 0 Å². The molecule has 0 radical (unpaired) electrons. The van der Waals surface area contributed by atoms with Gasteiger partial charge in [-0.05, 0) is 75.3 Å². The normalized spacial score (nSPS) is 16.6. The number of hydrogen-bond acceptors (Lipinski definition) is 8. The highest BCUT2D eigenvalue weighted by molar-refractivity contribution is 5.87. The number of aliphatic hydroxyl groups is 1. The molecule has 10 nitrogen and oxygen atoms in total. The van der Waals surface area contributed by atoms with Crippen LogP contribution in [0.2, 0.25) is 0 Å². The molecule has 0 aliphatic carbocycles. The third-order valence-corrected chi connectivity index (χ3v) is 11.8. The van der Waals surface area contributed by atoms with Gasteiger partial charge in [0.05, 0.1) is 30.8 Å². The van der Waals surface area contributed by atoms with Crippen molar-refractivity contribution in [1.29, 1.82) is 0 Å². The van der Waals surface area contributed by atoms with E-state index in [1.54, 1.807) is 6.20 Å². The minimum atomic E-state index is -0.885. The van der Waals surface area contributed by atoms with Gasteiger partial charge in [-0.3, -0.25) is 25.0 Å². The molecular weight excluding hydrogens is 699 g/mol. The number of carbonyl (C=O) groups is 1. The van der Waals surface area contributed by atoms with Crippen molar-refractivity contribution in [1.82, 2.24) is 34.2 Å². The first kappa shape index (κ1) is 38.0. The number of nitrogens with zero attached hydrogens (tertiary/aromatic N) is 6. The Morgan fingerprint density at radius 1 is 0.911 bits per heavy atom. The molecular formula is C46H55N7O3. The summed E-state index contributed by atoms with van der Waals surface area (Å²) < 4.78 is 11.0. The molecule has 10 heteroatoms. The number of aromatic nitrogens is 4. The topological polar surface area (TPSA) is 101 Å². The Bertz CT molecular complexity index is 2360. The lowest BCUT2D eigenvalue weighted by atomic mass is 9.96. The Labute approximate surface area is 330 Å². The Morgan fingerprint density at radius 2 is 1.61 bits per heavy atom. The maximum atomic E-state index is 13.0. The van der Waals surface area contributed by atoms with Crippen LogP contribution in [0.1, 0.15) is 77.3 Å². The van der Waals surface area contributed by atoms with Gasteiger partial charge in [-0.2, -0.15) is 0 Å². The SMILES string of the molecule is Cc1ccc2c(c1)c1c(n2CC(O)c2ccc(CNCN3CCc4c(c5cc(C)ccc5n4CC(C)(OC(=O)C(C)C)c4cccnc4)C3)nc2)CCN(C)C1. The lowest BCUT2D eigenvalue weighted by molar-refractivity contribution is -0.164. The molecule has 2 atom stereocenters. The fraction of sp³-hybridized carbons (Fsp3) is 0.413. The highest BCUT2D eigenvalue weighted by Crippen LogP contribution is 2.37. The highest BCUT2D eigenvalue weighted by Gasteiger charge is 2.36. The molecule has 2 aliphatic rings. The number of benzene rings is 2. The number of fused-ring (bicyclic) bond motifs is 6. The van der Waals surface area contributed by atoms with Crippen molar-refractivity contribution >= 4 is 27.8 Å². The molecule has 0 bridgehead atoms. The van der Waals surface area contributed by atoms with Gasteiger partial charge >= 0.3 is 5.97 Å². The maximum absolute atomic E-state index is 13.0. The van der Waals surface area contributed by atoms with E-state index in [1.807, 2.05) is 57.4 Å². The molecule has 0 saturated heterocycles. The molecule has 2 unspecified atom stereocenters. The molecule has 0 saturated carbocycles. The molecule has 2 aromatic carbocycles. The van der Waals surface area contributed by atoms with E-state index in [0.29, 0.717) is 19.6 Å². The molecule has 0 amide bonds. The van der Waals surface area contributed by atoms with Crippen LogP contribution >= 0.6 is 0 Å². The zero-order chi connectivity index (χ0) is 39.1. The van der Waals surface area contributed by atoms with Crippen LogP contribution in [0.4, 0.5) is 0 Å². The van der Waals surface area contributed by atoms with Gasteiger partial charge in [0.1, 0.15) is 0 Å². The van der Waals surface area contributed by atoms with Crippen LogP contribution in [-0.2, 0) is 60.7 Å². The summed E-state index contributed by atoms with van der Waals surface area (Å²) >= 11 is 0. The van der Waals surface area contributed by atoms with Crippen LogP contribution in [0.15, 0.2) is 79.3 Å². The summed E-state index contributed by atoms with van der Waals surface area (Å²) in [7, 11) is 2.18. The van der Waals surface area contributed by atoms with Crippen molar-refractivity contribution in [3.05, 3.63) is 130 Å². The molecule has 56 heavy (non-hydrogen) atoms. The number of carbonyl (C=O) groups excluding carboxylic acids is 1. The third-order valence-electron chi connectivity index (χ3n) is 11.8. The van der Waals surface area contributed by atoms with Gasteiger partial charge in [-0.1, -0.05) is 49.2 Å². The standard InChI is InChI=1S/C46H55N7O3/c1-30(2)45(55)56-46(5,34-8-7-17-47-23-34)28-53-41-14-10-32(4)21-37(41)39-26-51(19-16-43(39)53)29-48-24-35-12-11-33(22-49-35)44(54)27-52-40-13-9-31(3)20-36(40)38-25-50(6)18-15-42(38)52/h7-14,17,20-23,30,44,48,54H,15-16,18-19,24-29H2,1-6H3. The second kappa shape index (κ2) is 15.6. The van der Waals surface area contributed by atoms with Gasteiger partial charge in [0.25, 0.3) is 0 Å². The van der Waals surface area contributed by atoms with Crippen LogP contribution in [0, 0.1) is 19.8 Å². The molecule has 0 fully saturated rings. The smallest absolute Gasteiger partial charge is 0.309 e. The molecule has 4 aromatic heterocycles. The third kappa shape index (κ3) is 7.51. The average molecular weight is 754 g/mol. The number of rotatable bonds is 12. The number of nitrogens with one attached hydrogen (secondary N) is 1. The Balaban J connectivity index is 0.940. The lowest BCUT2D eigenvalue weighted by Crippen LogP contribution is -2.39. The zero-order valence-corrected chi connectivity index (χ0v) is 33.7.